The number of thiophene rings is 1. The Labute approximate surface area is 109 Å². The molecule has 0 radical (unpaired) electrons. The van der Waals surface area contributed by atoms with Gasteiger partial charge in [0, 0.05) is 30.3 Å². The second-order valence-corrected chi connectivity index (χ2v) is 4.81. The molecule has 6 heteroatoms. The average Bonchev–Trinajstić information content (AvgIpc) is 2.77. The molecule has 1 aromatic heterocycles. The second-order valence-electron chi connectivity index (χ2n) is 3.40. The van der Waals surface area contributed by atoms with E-state index in [1.54, 1.807) is 11.3 Å². The first-order valence-electron chi connectivity index (χ1n) is 5.34. The molecule has 0 aliphatic rings. The fraction of sp³-hybridized carbons (Fsp3) is 0.455. The first-order chi connectivity index (χ1) is 8.22. The smallest absolute Gasteiger partial charge is 0.225 e. The zero-order chi connectivity index (χ0) is 12.5. The van der Waals surface area contributed by atoms with Gasteiger partial charge in [-0.15, -0.1) is 22.9 Å². The molecule has 0 unspecified atom stereocenters. The SMILES string of the molecule is O=C(CCCl)NCCNC(=O)Cc1cccs1. The second kappa shape index (κ2) is 8.08. The summed E-state index contributed by atoms with van der Waals surface area (Å²) in [7, 11) is 0. The molecule has 0 saturated heterocycles. The molecule has 0 aromatic carbocycles. The fourth-order valence-electron chi connectivity index (χ4n) is 1.21. The van der Waals surface area contributed by atoms with E-state index >= 15 is 0 Å². The van der Waals surface area contributed by atoms with Gasteiger partial charge in [0.2, 0.25) is 11.8 Å². The van der Waals surface area contributed by atoms with Crippen LogP contribution < -0.4 is 10.6 Å². The minimum Gasteiger partial charge on any atom is -0.354 e. The van der Waals surface area contributed by atoms with Crippen LogP contribution in [0.15, 0.2) is 17.5 Å². The van der Waals surface area contributed by atoms with Crippen molar-refractivity contribution in [1.29, 1.82) is 0 Å². The van der Waals surface area contributed by atoms with E-state index in [4.69, 9.17) is 11.6 Å². The van der Waals surface area contributed by atoms with Gasteiger partial charge in [-0.2, -0.15) is 0 Å². The van der Waals surface area contributed by atoms with E-state index in [-0.39, 0.29) is 11.8 Å². The molecule has 0 aliphatic carbocycles. The fourth-order valence-corrected chi connectivity index (χ4v) is 2.09. The van der Waals surface area contributed by atoms with Gasteiger partial charge < -0.3 is 10.6 Å². The van der Waals surface area contributed by atoms with Crippen LogP contribution in [0, 0.1) is 0 Å². The Balaban J connectivity index is 2.06. The summed E-state index contributed by atoms with van der Waals surface area (Å²) in [4.78, 5) is 23.5. The maximum atomic E-state index is 11.4. The van der Waals surface area contributed by atoms with Crippen LogP contribution in [-0.4, -0.2) is 30.8 Å². The lowest BCUT2D eigenvalue weighted by atomic mass is 10.3. The number of nitrogens with one attached hydrogen (secondary N) is 2. The maximum Gasteiger partial charge on any atom is 0.225 e. The summed E-state index contributed by atoms with van der Waals surface area (Å²) in [6.45, 7) is 0.879. The third kappa shape index (κ3) is 6.28. The first-order valence-corrected chi connectivity index (χ1v) is 6.75. The minimum absolute atomic E-state index is 0.0287. The van der Waals surface area contributed by atoms with Crippen LogP contribution >= 0.6 is 22.9 Å². The van der Waals surface area contributed by atoms with E-state index in [2.05, 4.69) is 10.6 Å². The first kappa shape index (κ1) is 14.0. The summed E-state index contributed by atoms with van der Waals surface area (Å²) < 4.78 is 0. The van der Waals surface area contributed by atoms with Crippen molar-refractivity contribution in [2.45, 2.75) is 12.8 Å². The van der Waals surface area contributed by atoms with Gasteiger partial charge in [0.15, 0.2) is 0 Å². The van der Waals surface area contributed by atoms with Gasteiger partial charge in [0.1, 0.15) is 0 Å². The monoisotopic (exact) mass is 274 g/mol. The molecule has 1 rings (SSSR count). The number of carbonyl (C=O) groups excluding carboxylic acids is 2. The minimum atomic E-state index is -0.0903. The highest BCUT2D eigenvalue weighted by Crippen LogP contribution is 2.08. The average molecular weight is 275 g/mol. The zero-order valence-electron chi connectivity index (χ0n) is 9.37. The quantitative estimate of drug-likeness (QED) is 0.579. The number of hydrogen-bond acceptors (Lipinski definition) is 3. The molecule has 2 N–H and O–H groups in total. The summed E-state index contributed by atoms with van der Waals surface area (Å²) in [5.74, 6) is 0.197. The zero-order valence-corrected chi connectivity index (χ0v) is 10.9. The standard InChI is InChI=1S/C11H15ClN2O2S/c12-4-3-10(15)13-5-6-14-11(16)8-9-2-1-7-17-9/h1-2,7H,3-6,8H2,(H,13,15)(H,14,16). The van der Waals surface area contributed by atoms with Crippen LogP contribution in [0.5, 0.6) is 0 Å². The van der Waals surface area contributed by atoms with Gasteiger partial charge in [-0.05, 0) is 11.4 Å². The lowest BCUT2D eigenvalue weighted by Crippen LogP contribution is -2.35. The molecule has 1 aromatic rings. The molecule has 1 heterocycles. The summed E-state index contributed by atoms with van der Waals surface area (Å²) in [5.41, 5.74) is 0. The molecular weight excluding hydrogens is 260 g/mol. The topological polar surface area (TPSA) is 58.2 Å². The van der Waals surface area contributed by atoms with Gasteiger partial charge in [-0.3, -0.25) is 9.59 Å². The molecule has 2 amide bonds. The van der Waals surface area contributed by atoms with Gasteiger partial charge >= 0.3 is 0 Å². The molecule has 0 saturated carbocycles. The van der Waals surface area contributed by atoms with Crippen molar-refractivity contribution in [3.63, 3.8) is 0 Å². The number of hydrogen-bond donors (Lipinski definition) is 2. The van der Waals surface area contributed by atoms with Crippen molar-refractivity contribution in [3.8, 4) is 0 Å². The molecule has 17 heavy (non-hydrogen) atoms. The lowest BCUT2D eigenvalue weighted by molar-refractivity contribution is -0.122. The number of halogens is 1. The van der Waals surface area contributed by atoms with Gasteiger partial charge in [-0.1, -0.05) is 6.07 Å². The molecular formula is C11H15ClN2O2S. The normalized spacial score (nSPS) is 9.94. The molecule has 0 fully saturated rings. The third-order valence-electron chi connectivity index (χ3n) is 2.01. The van der Waals surface area contributed by atoms with Crippen LogP contribution in [0.4, 0.5) is 0 Å². The number of alkyl halides is 1. The molecule has 0 aliphatic heterocycles. The van der Waals surface area contributed by atoms with Crippen molar-refractivity contribution < 1.29 is 9.59 Å². The predicted octanol–water partition coefficient (Wildman–Crippen LogP) is 1.15. The predicted molar refractivity (Wildman–Crippen MR) is 69.4 cm³/mol. The van der Waals surface area contributed by atoms with E-state index in [0.717, 1.165) is 4.88 Å². The van der Waals surface area contributed by atoms with Gasteiger partial charge in [-0.25, -0.2) is 0 Å². The van der Waals surface area contributed by atoms with Gasteiger partial charge in [0.25, 0.3) is 0 Å². The highest BCUT2D eigenvalue weighted by Gasteiger charge is 2.03. The van der Waals surface area contributed by atoms with E-state index in [0.29, 0.717) is 31.8 Å². The summed E-state index contributed by atoms with van der Waals surface area (Å²) in [5, 5.41) is 7.34. The number of rotatable bonds is 7. The van der Waals surface area contributed by atoms with E-state index in [1.165, 1.54) is 0 Å². The summed E-state index contributed by atoms with van der Waals surface area (Å²) >= 11 is 6.97. The Hall–Kier alpha value is -1.07. The molecule has 94 valence electrons. The van der Waals surface area contributed by atoms with Crippen molar-refractivity contribution in [2.75, 3.05) is 19.0 Å². The summed E-state index contributed by atoms with van der Waals surface area (Å²) in [6.07, 6.45) is 0.706. The maximum absolute atomic E-state index is 11.4. The van der Waals surface area contributed by atoms with Crippen LogP contribution in [0.1, 0.15) is 11.3 Å². The Morgan fingerprint density at radius 2 is 1.94 bits per heavy atom. The molecule has 0 atom stereocenters. The van der Waals surface area contributed by atoms with Crippen molar-refractivity contribution in [2.24, 2.45) is 0 Å². The number of amides is 2. The highest BCUT2D eigenvalue weighted by molar-refractivity contribution is 7.10. The Morgan fingerprint density at radius 3 is 2.53 bits per heavy atom. The van der Waals surface area contributed by atoms with Crippen LogP contribution in [0.25, 0.3) is 0 Å². The molecule has 0 bridgehead atoms. The number of carbonyl (C=O) groups is 2. The van der Waals surface area contributed by atoms with E-state index in [1.807, 2.05) is 17.5 Å². The van der Waals surface area contributed by atoms with E-state index < -0.39 is 0 Å². The molecule has 0 spiro atoms. The Bertz CT molecular complexity index is 354. The molecule has 4 nitrogen and oxygen atoms in total. The summed E-state index contributed by atoms with van der Waals surface area (Å²) in [6, 6.07) is 3.84. The van der Waals surface area contributed by atoms with E-state index in [9.17, 15) is 9.59 Å². The van der Waals surface area contributed by atoms with Crippen LogP contribution in [-0.2, 0) is 16.0 Å². The van der Waals surface area contributed by atoms with Crippen LogP contribution in [0.2, 0.25) is 0 Å². The Kier molecular flexibility index (Phi) is 6.65. The third-order valence-corrected chi connectivity index (χ3v) is 3.07. The Morgan fingerprint density at radius 1 is 1.24 bits per heavy atom. The highest BCUT2D eigenvalue weighted by atomic mass is 35.5. The largest absolute Gasteiger partial charge is 0.354 e. The van der Waals surface area contributed by atoms with Crippen molar-refractivity contribution in [1.82, 2.24) is 10.6 Å². The van der Waals surface area contributed by atoms with Crippen LogP contribution in [0.3, 0.4) is 0 Å². The van der Waals surface area contributed by atoms with Crippen molar-refractivity contribution in [3.05, 3.63) is 22.4 Å². The van der Waals surface area contributed by atoms with Crippen molar-refractivity contribution >= 4 is 34.8 Å². The lowest BCUT2D eigenvalue weighted by Gasteiger charge is -2.05. The van der Waals surface area contributed by atoms with Gasteiger partial charge in [0.05, 0.1) is 6.42 Å².